The van der Waals surface area contributed by atoms with Gasteiger partial charge >= 0.3 is 0 Å². The van der Waals surface area contributed by atoms with E-state index in [-0.39, 0.29) is 5.78 Å². The van der Waals surface area contributed by atoms with Crippen LogP contribution in [0.25, 0.3) is 0 Å². The zero-order valence-corrected chi connectivity index (χ0v) is 9.75. The zero-order valence-electron chi connectivity index (χ0n) is 9.75. The highest BCUT2D eigenvalue weighted by Gasteiger charge is 2.18. The molecule has 1 aromatic rings. The van der Waals surface area contributed by atoms with Crippen molar-refractivity contribution < 1.29 is 9.53 Å². The lowest BCUT2D eigenvalue weighted by Crippen LogP contribution is -2.08. The van der Waals surface area contributed by atoms with Gasteiger partial charge in [0.15, 0.2) is 5.78 Å². The molecule has 0 bridgehead atoms. The second kappa shape index (κ2) is 4.66. The number of hydrogen-bond donors (Lipinski definition) is 1. The summed E-state index contributed by atoms with van der Waals surface area (Å²) in [5.41, 5.74) is 1.92. The van der Waals surface area contributed by atoms with Crippen LogP contribution in [0.4, 0.5) is 0 Å². The normalized spacial score (nSPS) is 19.8. The minimum atomic E-state index is 0.0490. The first-order valence-corrected chi connectivity index (χ1v) is 5.62. The summed E-state index contributed by atoms with van der Waals surface area (Å²) >= 11 is 0. The molecule has 1 N–H and O–H groups in total. The van der Waals surface area contributed by atoms with Crippen LogP contribution < -0.4 is 10.1 Å². The van der Waals surface area contributed by atoms with E-state index in [1.807, 2.05) is 18.2 Å². The second-order valence-electron chi connectivity index (χ2n) is 4.21. The van der Waals surface area contributed by atoms with E-state index in [1.54, 1.807) is 14.0 Å². The fourth-order valence-corrected chi connectivity index (χ4v) is 2.19. The molecule has 1 aliphatic heterocycles. The van der Waals surface area contributed by atoms with Crippen molar-refractivity contribution in [1.82, 2.24) is 5.32 Å². The lowest BCUT2D eigenvalue weighted by atomic mass is 9.96. The van der Waals surface area contributed by atoms with Crippen molar-refractivity contribution >= 4 is 5.78 Å². The van der Waals surface area contributed by atoms with Gasteiger partial charge in [-0.3, -0.25) is 4.79 Å². The molecule has 0 saturated carbocycles. The molecule has 3 nitrogen and oxygen atoms in total. The van der Waals surface area contributed by atoms with Crippen LogP contribution in [0.1, 0.15) is 35.2 Å². The SMILES string of the molecule is COc1cc([C@@H]2CCNC2)ccc1C(C)=O. The van der Waals surface area contributed by atoms with Gasteiger partial charge in [0.25, 0.3) is 0 Å². The average molecular weight is 219 g/mol. The molecule has 2 rings (SSSR count). The fraction of sp³-hybridized carbons (Fsp3) is 0.462. The van der Waals surface area contributed by atoms with Crippen molar-refractivity contribution in [3.8, 4) is 5.75 Å². The average Bonchev–Trinajstić information content (AvgIpc) is 2.81. The minimum absolute atomic E-state index is 0.0490. The number of carbonyl (C=O) groups excluding carboxylic acids is 1. The predicted octanol–water partition coefficient (Wildman–Crippen LogP) is 1.97. The summed E-state index contributed by atoms with van der Waals surface area (Å²) in [6.45, 7) is 3.65. The Morgan fingerprint density at radius 3 is 2.88 bits per heavy atom. The van der Waals surface area contributed by atoms with Crippen LogP contribution in [-0.4, -0.2) is 26.0 Å². The molecule has 86 valence electrons. The molecule has 1 fully saturated rings. The lowest BCUT2D eigenvalue weighted by Gasteiger charge is -2.12. The van der Waals surface area contributed by atoms with Gasteiger partial charge in [0.1, 0.15) is 5.75 Å². The quantitative estimate of drug-likeness (QED) is 0.790. The van der Waals surface area contributed by atoms with E-state index < -0.39 is 0 Å². The Morgan fingerprint density at radius 1 is 1.50 bits per heavy atom. The maximum absolute atomic E-state index is 11.4. The van der Waals surface area contributed by atoms with Gasteiger partial charge in [0.2, 0.25) is 0 Å². The topological polar surface area (TPSA) is 38.3 Å². The first kappa shape index (κ1) is 11.1. The van der Waals surface area contributed by atoms with Crippen LogP contribution in [-0.2, 0) is 0 Å². The van der Waals surface area contributed by atoms with E-state index in [2.05, 4.69) is 5.32 Å². The van der Waals surface area contributed by atoms with Gasteiger partial charge in [-0.05, 0) is 43.5 Å². The Hall–Kier alpha value is -1.35. The summed E-state index contributed by atoms with van der Waals surface area (Å²) in [7, 11) is 1.61. The van der Waals surface area contributed by atoms with Crippen molar-refractivity contribution in [3.63, 3.8) is 0 Å². The number of carbonyl (C=O) groups is 1. The number of ketones is 1. The van der Waals surface area contributed by atoms with E-state index in [1.165, 1.54) is 5.56 Å². The van der Waals surface area contributed by atoms with Gasteiger partial charge in [0, 0.05) is 6.54 Å². The first-order chi connectivity index (χ1) is 7.72. The van der Waals surface area contributed by atoms with Crippen LogP contribution in [0.5, 0.6) is 5.75 Å². The molecule has 0 unspecified atom stereocenters. The van der Waals surface area contributed by atoms with E-state index in [0.29, 0.717) is 17.2 Å². The Labute approximate surface area is 95.8 Å². The van der Waals surface area contributed by atoms with E-state index in [4.69, 9.17) is 4.74 Å². The maximum atomic E-state index is 11.4. The highest BCUT2D eigenvalue weighted by Crippen LogP contribution is 2.28. The Balaban J connectivity index is 2.32. The largest absolute Gasteiger partial charge is 0.496 e. The summed E-state index contributed by atoms with van der Waals surface area (Å²) in [5.74, 6) is 1.29. The van der Waals surface area contributed by atoms with Crippen molar-refractivity contribution in [3.05, 3.63) is 29.3 Å². The third kappa shape index (κ3) is 2.09. The molecule has 1 atom stereocenters. The Kier molecular flexibility index (Phi) is 3.25. The number of nitrogens with one attached hydrogen (secondary N) is 1. The number of rotatable bonds is 3. The molecular formula is C13H17NO2. The minimum Gasteiger partial charge on any atom is -0.496 e. The van der Waals surface area contributed by atoms with E-state index >= 15 is 0 Å². The van der Waals surface area contributed by atoms with Crippen LogP contribution in [0, 0.1) is 0 Å². The van der Waals surface area contributed by atoms with E-state index in [9.17, 15) is 4.79 Å². The lowest BCUT2D eigenvalue weighted by molar-refractivity contribution is 0.101. The smallest absolute Gasteiger partial charge is 0.163 e. The molecule has 1 aromatic carbocycles. The molecule has 0 aromatic heterocycles. The summed E-state index contributed by atoms with van der Waals surface area (Å²) < 4.78 is 5.27. The third-order valence-corrected chi connectivity index (χ3v) is 3.14. The number of methoxy groups -OCH3 is 1. The highest BCUT2D eigenvalue weighted by molar-refractivity contribution is 5.96. The fourth-order valence-electron chi connectivity index (χ4n) is 2.19. The van der Waals surface area contributed by atoms with Crippen molar-refractivity contribution in [2.75, 3.05) is 20.2 Å². The molecule has 0 spiro atoms. The summed E-state index contributed by atoms with van der Waals surface area (Å²) in [5, 5.41) is 3.34. The van der Waals surface area contributed by atoms with Crippen molar-refractivity contribution in [1.29, 1.82) is 0 Å². The number of benzene rings is 1. The summed E-state index contributed by atoms with van der Waals surface area (Å²) in [6.07, 6.45) is 1.16. The highest BCUT2D eigenvalue weighted by atomic mass is 16.5. The van der Waals surface area contributed by atoms with Crippen LogP contribution in [0.3, 0.4) is 0 Å². The van der Waals surface area contributed by atoms with Gasteiger partial charge in [-0.25, -0.2) is 0 Å². The summed E-state index contributed by atoms with van der Waals surface area (Å²) in [6, 6.07) is 5.90. The van der Waals surface area contributed by atoms with Gasteiger partial charge < -0.3 is 10.1 Å². The van der Waals surface area contributed by atoms with E-state index in [0.717, 1.165) is 19.5 Å². The van der Waals surface area contributed by atoms with Crippen LogP contribution in [0.2, 0.25) is 0 Å². The van der Waals surface area contributed by atoms with Gasteiger partial charge in [-0.2, -0.15) is 0 Å². The second-order valence-corrected chi connectivity index (χ2v) is 4.21. The molecule has 0 amide bonds. The van der Waals surface area contributed by atoms with Gasteiger partial charge in [-0.1, -0.05) is 6.07 Å². The predicted molar refractivity (Wildman–Crippen MR) is 63.2 cm³/mol. The van der Waals surface area contributed by atoms with Gasteiger partial charge in [-0.15, -0.1) is 0 Å². The third-order valence-electron chi connectivity index (χ3n) is 3.14. The molecule has 16 heavy (non-hydrogen) atoms. The van der Waals surface area contributed by atoms with Crippen LogP contribution in [0.15, 0.2) is 18.2 Å². The molecular weight excluding hydrogens is 202 g/mol. The monoisotopic (exact) mass is 219 g/mol. The molecule has 1 heterocycles. The number of ether oxygens (including phenoxy) is 1. The number of Topliss-reactive ketones (excluding diaryl/α,β-unsaturated/α-hetero) is 1. The molecule has 0 radical (unpaired) electrons. The Bertz CT molecular complexity index is 395. The van der Waals surface area contributed by atoms with Gasteiger partial charge in [0.05, 0.1) is 12.7 Å². The van der Waals surface area contributed by atoms with Crippen molar-refractivity contribution in [2.45, 2.75) is 19.3 Å². The zero-order chi connectivity index (χ0) is 11.5. The number of hydrogen-bond acceptors (Lipinski definition) is 3. The molecule has 3 heteroatoms. The van der Waals surface area contributed by atoms with Crippen LogP contribution >= 0.6 is 0 Å². The molecule has 1 saturated heterocycles. The first-order valence-electron chi connectivity index (χ1n) is 5.62. The Morgan fingerprint density at radius 2 is 2.31 bits per heavy atom. The van der Waals surface area contributed by atoms with Crippen molar-refractivity contribution in [2.24, 2.45) is 0 Å². The summed E-state index contributed by atoms with van der Waals surface area (Å²) in [4.78, 5) is 11.4. The molecule has 1 aliphatic rings. The maximum Gasteiger partial charge on any atom is 0.163 e. The standard InChI is InChI=1S/C13H17NO2/c1-9(15)12-4-3-10(7-13(12)16-2)11-5-6-14-8-11/h3-4,7,11,14H,5-6,8H2,1-2H3/t11-/m1/s1. The molecule has 0 aliphatic carbocycles.